The van der Waals surface area contributed by atoms with Crippen molar-refractivity contribution in [3.05, 3.63) is 52.4 Å². The van der Waals surface area contributed by atoms with Gasteiger partial charge in [0.25, 0.3) is 5.91 Å². The molecule has 2 aromatic rings. The molecule has 1 fully saturated rings. The number of anilines is 1. The molecule has 0 spiro atoms. The molecule has 0 unspecified atom stereocenters. The van der Waals surface area contributed by atoms with Gasteiger partial charge in [0.2, 0.25) is 0 Å². The Bertz CT molecular complexity index is 689. The van der Waals surface area contributed by atoms with Gasteiger partial charge >= 0.3 is 5.97 Å². The molecule has 0 saturated heterocycles. The highest BCUT2D eigenvalue weighted by Gasteiger charge is 2.32. The van der Waals surface area contributed by atoms with Gasteiger partial charge < -0.3 is 10.1 Å². The lowest BCUT2D eigenvalue weighted by atomic mass is 10.1. The van der Waals surface area contributed by atoms with Gasteiger partial charge in [-0.25, -0.2) is 4.79 Å². The summed E-state index contributed by atoms with van der Waals surface area (Å²) >= 11 is 1.39. The zero-order valence-corrected chi connectivity index (χ0v) is 13.1. The fraction of sp³-hybridized carbons (Fsp3) is 0.294. The number of carbonyl (C=O) groups is 2. The standard InChI is InChI=1S/C17H17NO3S/c1-2-21-17(20)14-13(11-8-9-11)10-22-16(14)18-15(19)12-6-4-3-5-7-12/h3-7,10-11H,2,8-9H2,1H3,(H,18,19). The van der Waals surface area contributed by atoms with Gasteiger partial charge in [0.1, 0.15) is 5.00 Å². The molecule has 5 heteroatoms. The third-order valence-electron chi connectivity index (χ3n) is 3.58. The first-order chi connectivity index (χ1) is 10.7. The molecule has 1 aromatic heterocycles. The molecule has 1 N–H and O–H groups in total. The third-order valence-corrected chi connectivity index (χ3v) is 4.49. The van der Waals surface area contributed by atoms with Gasteiger partial charge in [0.05, 0.1) is 12.2 Å². The predicted octanol–water partition coefficient (Wildman–Crippen LogP) is 4.05. The fourth-order valence-corrected chi connectivity index (χ4v) is 3.36. The van der Waals surface area contributed by atoms with Crippen LogP contribution in [0.1, 0.15) is 52.0 Å². The van der Waals surface area contributed by atoms with Crippen molar-refractivity contribution in [1.29, 1.82) is 0 Å². The van der Waals surface area contributed by atoms with Crippen LogP contribution in [0.15, 0.2) is 35.7 Å². The first kappa shape index (κ1) is 14.8. The summed E-state index contributed by atoms with van der Waals surface area (Å²) < 4.78 is 5.15. The molecular formula is C17H17NO3S. The quantitative estimate of drug-likeness (QED) is 0.847. The number of hydrogen-bond donors (Lipinski definition) is 1. The van der Waals surface area contributed by atoms with Crippen molar-refractivity contribution in [2.75, 3.05) is 11.9 Å². The van der Waals surface area contributed by atoms with Gasteiger partial charge in [0.15, 0.2) is 0 Å². The Hall–Kier alpha value is -2.14. The zero-order valence-electron chi connectivity index (χ0n) is 12.3. The molecule has 0 bridgehead atoms. The average molecular weight is 315 g/mol. The number of carbonyl (C=O) groups excluding carboxylic acids is 2. The lowest BCUT2D eigenvalue weighted by Crippen LogP contribution is -2.15. The van der Waals surface area contributed by atoms with Gasteiger partial charge in [-0.15, -0.1) is 11.3 Å². The monoisotopic (exact) mass is 315 g/mol. The first-order valence-electron chi connectivity index (χ1n) is 7.35. The van der Waals surface area contributed by atoms with E-state index in [4.69, 9.17) is 4.74 Å². The van der Waals surface area contributed by atoms with E-state index in [9.17, 15) is 9.59 Å². The summed E-state index contributed by atoms with van der Waals surface area (Å²) in [6.07, 6.45) is 2.18. The van der Waals surface area contributed by atoms with Crippen molar-refractivity contribution in [2.24, 2.45) is 0 Å². The summed E-state index contributed by atoms with van der Waals surface area (Å²) in [4.78, 5) is 24.5. The molecule has 3 rings (SSSR count). The van der Waals surface area contributed by atoms with E-state index in [2.05, 4.69) is 5.32 Å². The van der Waals surface area contributed by atoms with E-state index >= 15 is 0 Å². The molecule has 1 amide bonds. The Kier molecular flexibility index (Phi) is 4.24. The Morgan fingerprint density at radius 2 is 2.00 bits per heavy atom. The van der Waals surface area contributed by atoms with E-state index in [1.54, 1.807) is 19.1 Å². The van der Waals surface area contributed by atoms with E-state index in [0.717, 1.165) is 18.4 Å². The summed E-state index contributed by atoms with van der Waals surface area (Å²) in [6.45, 7) is 2.11. The number of rotatable bonds is 5. The first-order valence-corrected chi connectivity index (χ1v) is 8.23. The van der Waals surface area contributed by atoms with Crippen LogP contribution in [0.3, 0.4) is 0 Å². The van der Waals surface area contributed by atoms with Crippen molar-refractivity contribution < 1.29 is 14.3 Å². The Labute approximate surface area is 133 Å². The van der Waals surface area contributed by atoms with Crippen LogP contribution in [0, 0.1) is 0 Å². The number of hydrogen-bond acceptors (Lipinski definition) is 4. The van der Waals surface area contributed by atoms with Gasteiger partial charge in [-0.3, -0.25) is 4.79 Å². The molecule has 0 radical (unpaired) electrons. The van der Waals surface area contributed by atoms with Crippen LogP contribution in [0.2, 0.25) is 0 Å². The van der Waals surface area contributed by atoms with E-state index in [0.29, 0.717) is 28.7 Å². The second kappa shape index (κ2) is 6.32. The zero-order chi connectivity index (χ0) is 15.5. The second-order valence-electron chi connectivity index (χ2n) is 5.21. The number of amides is 1. The molecule has 0 atom stereocenters. The van der Waals surface area contributed by atoms with Gasteiger partial charge in [-0.1, -0.05) is 18.2 Å². The topological polar surface area (TPSA) is 55.4 Å². The highest BCUT2D eigenvalue weighted by Crippen LogP contribution is 2.46. The SMILES string of the molecule is CCOC(=O)c1c(C2CC2)csc1NC(=O)c1ccccc1. The van der Waals surface area contributed by atoms with E-state index < -0.39 is 0 Å². The van der Waals surface area contributed by atoms with E-state index in [-0.39, 0.29) is 11.9 Å². The summed E-state index contributed by atoms with van der Waals surface area (Å²) in [5.41, 5.74) is 2.10. The molecule has 1 saturated carbocycles. The number of ether oxygens (including phenoxy) is 1. The number of esters is 1. The molecule has 1 aliphatic rings. The molecule has 1 heterocycles. The number of benzene rings is 1. The Morgan fingerprint density at radius 1 is 1.27 bits per heavy atom. The average Bonchev–Trinajstić information content (AvgIpc) is 3.29. The maximum Gasteiger partial charge on any atom is 0.341 e. The van der Waals surface area contributed by atoms with Crippen molar-refractivity contribution >= 4 is 28.2 Å². The largest absolute Gasteiger partial charge is 0.462 e. The van der Waals surface area contributed by atoms with Crippen LogP contribution in [0.25, 0.3) is 0 Å². The van der Waals surface area contributed by atoms with Gasteiger partial charge in [0, 0.05) is 5.56 Å². The third kappa shape index (κ3) is 3.04. The minimum Gasteiger partial charge on any atom is -0.462 e. The Morgan fingerprint density at radius 3 is 2.64 bits per heavy atom. The molecule has 1 aromatic carbocycles. The summed E-state index contributed by atoms with van der Waals surface area (Å²) in [5.74, 6) is -0.137. The second-order valence-corrected chi connectivity index (χ2v) is 6.09. The highest BCUT2D eigenvalue weighted by molar-refractivity contribution is 7.15. The normalized spacial score (nSPS) is 13.7. The van der Waals surface area contributed by atoms with Crippen LogP contribution < -0.4 is 5.32 Å². The minimum absolute atomic E-state index is 0.213. The van der Waals surface area contributed by atoms with Crippen LogP contribution in [-0.4, -0.2) is 18.5 Å². The summed E-state index contributed by atoms with van der Waals surface area (Å²) in [6, 6.07) is 8.97. The molecule has 22 heavy (non-hydrogen) atoms. The summed E-state index contributed by atoms with van der Waals surface area (Å²) in [7, 11) is 0. The lowest BCUT2D eigenvalue weighted by molar-refractivity contribution is 0.0527. The highest BCUT2D eigenvalue weighted by atomic mass is 32.1. The van der Waals surface area contributed by atoms with Crippen LogP contribution in [0.5, 0.6) is 0 Å². The Balaban J connectivity index is 1.87. The van der Waals surface area contributed by atoms with Gasteiger partial charge in [-0.05, 0) is 48.8 Å². The van der Waals surface area contributed by atoms with Crippen LogP contribution >= 0.6 is 11.3 Å². The molecular weight excluding hydrogens is 298 g/mol. The number of nitrogens with one attached hydrogen (secondary N) is 1. The summed E-state index contributed by atoms with van der Waals surface area (Å²) in [5, 5.41) is 5.39. The maximum atomic E-state index is 12.3. The van der Waals surface area contributed by atoms with Crippen molar-refractivity contribution in [3.63, 3.8) is 0 Å². The number of thiophene rings is 1. The van der Waals surface area contributed by atoms with Crippen molar-refractivity contribution in [2.45, 2.75) is 25.7 Å². The van der Waals surface area contributed by atoms with Crippen LogP contribution in [-0.2, 0) is 4.74 Å². The molecule has 0 aliphatic heterocycles. The molecule has 114 valence electrons. The van der Waals surface area contributed by atoms with Crippen molar-refractivity contribution in [3.8, 4) is 0 Å². The van der Waals surface area contributed by atoms with E-state index in [1.165, 1.54) is 11.3 Å². The minimum atomic E-state index is -0.353. The van der Waals surface area contributed by atoms with E-state index in [1.807, 2.05) is 23.6 Å². The fourth-order valence-electron chi connectivity index (χ4n) is 2.34. The van der Waals surface area contributed by atoms with Crippen molar-refractivity contribution in [1.82, 2.24) is 0 Å². The molecule has 4 nitrogen and oxygen atoms in total. The van der Waals surface area contributed by atoms with Gasteiger partial charge in [-0.2, -0.15) is 0 Å². The lowest BCUT2D eigenvalue weighted by Gasteiger charge is -2.08. The molecule has 1 aliphatic carbocycles. The van der Waals surface area contributed by atoms with Crippen LogP contribution in [0.4, 0.5) is 5.00 Å². The predicted molar refractivity (Wildman–Crippen MR) is 86.6 cm³/mol. The smallest absolute Gasteiger partial charge is 0.341 e. The maximum absolute atomic E-state index is 12.3.